The third kappa shape index (κ3) is 2.98. The van der Waals surface area contributed by atoms with Gasteiger partial charge in [0.05, 0.1) is 18.4 Å². The van der Waals surface area contributed by atoms with E-state index in [0.717, 1.165) is 21.9 Å². The maximum absolute atomic E-state index is 12.0. The first-order valence-electron chi connectivity index (χ1n) is 7.09. The minimum atomic E-state index is -0.441. The number of fused-ring (bicyclic) bond motifs is 1. The van der Waals surface area contributed by atoms with Crippen LogP contribution in [0.5, 0.6) is 0 Å². The highest BCUT2D eigenvalue weighted by atomic mass is 35.5. The molecule has 0 saturated carbocycles. The summed E-state index contributed by atoms with van der Waals surface area (Å²) < 4.78 is 4.84. The second-order valence-corrected chi connectivity index (χ2v) is 5.59. The molecule has 3 aromatic rings. The van der Waals surface area contributed by atoms with E-state index in [1.54, 1.807) is 18.3 Å². The Hall–Kier alpha value is -2.59. The van der Waals surface area contributed by atoms with Gasteiger partial charge in [0.25, 0.3) is 0 Å². The van der Waals surface area contributed by atoms with E-state index in [1.165, 1.54) is 7.11 Å². The van der Waals surface area contributed by atoms with Crippen LogP contribution in [0.3, 0.4) is 0 Å². The van der Waals surface area contributed by atoms with Crippen LogP contribution in [0.4, 0.5) is 5.69 Å². The van der Waals surface area contributed by atoms with Gasteiger partial charge in [-0.3, -0.25) is 0 Å². The molecule has 4 nitrogen and oxygen atoms in total. The van der Waals surface area contributed by atoms with Gasteiger partial charge in [-0.05, 0) is 35.1 Å². The summed E-state index contributed by atoms with van der Waals surface area (Å²) >= 11 is 5.83. The van der Waals surface area contributed by atoms with E-state index in [1.807, 2.05) is 30.3 Å². The van der Waals surface area contributed by atoms with Gasteiger partial charge in [-0.2, -0.15) is 0 Å². The summed E-state index contributed by atoms with van der Waals surface area (Å²) in [4.78, 5) is 16.1. The molecule has 0 bridgehead atoms. The van der Waals surface area contributed by atoms with Crippen molar-refractivity contribution in [2.24, 2.45) is 0 Å². The number of carbonyl (C=O) groups is 1. The molecule has 5 heteroatoms. The van der Waals surface area contributed by atoms with Crippen molar-refractivity contribution in [3.63, 3.8) is 0 Å². The monoisotopic (exact) mass is 326 g/mol. The second-order valence-electron chi connectivity index (χ2n) is 5.20. The molecule has 1 aromatic heterocycles. The lowest BCUT2D eigenvalue weighted by Gasteiger charge is -2.13. The number of nitrogen functional groups attached to an aromatic ring is 1. The zero-order valence-corrected chi connectivity index (χ0v) is 13.3. The highest BCUT2D eigenvalue weighted by molar-refractivity contribution is 6.29. The van der Waals surface area contributed by atoms with Gasteiger partial charge in [0, 0.05) is 11.6 Å². The standard InChI is InChI=1S/C18H15ClN2O2/c1-23-18(22)15-9-12(8-11-6-7-16(19)21-10-11)13-4-2-3-5-14(13)17(15)20/h2-7,9-10H,8,20H2,1H3. The molecule has 0 fully saturated rings. The molecular weight excluding hydrogens is 312 g/mol. The van der Waals surface area contributed by atoms with Gasteiger partial charge in [0.1, 0.15) is 5.15 Å². The highest BCUT2D eigenvalue weighted by Gasteiger charge is 2.16. The van der Waals surface area contributed by atoms with E-state index in [0.29, 0.717) is 22.8 Å². The number of nitrogens with two attached hydrogens (primary N) is 1. The van der Waals surface area contributed by atoms with Crippen molar-refractivity contribution < 1.29 is 9.53 Å². The maximum Gasteiger partial charge on any atom is 0.339 e. The Bertz CT molecular complexity index is 876. The van der Waals surface area contributed by atoms with Crippen LogP contribution >= 0.6 is 11.6 Å². The lowest BCUT2D eigenvalue weighted by atomic mass is 9.95. The van der Waals surface area contributed by atoms with Crippen LogP contribution in [0.15, 0.2) is 48.7 Å². The quantitative estimate of drug-likeness (QED) is 0.451. The van der Waals surface area contributed by atoms with E-state index >= 15 is 0 Å². The van der Waals surface area contributed by atoms with Crippen molar-refractivity contribution in [1.29, 1.82) is 0 Å². The number of aromatic nitrogens is 1. The number of pyridine rings is 1. The van der Waals surface area contributed by atoms with Crippen LogP contribution in [0, 0.1) is 0 Å². The predicted octanol–water partition coefficient (Wildman–Crippen LogP) is 3.85. The predicted molar refractivity (Wildman–Crippen MR) is 91.8 cm³/mol. The fourth-order valence-corrected chi connectivity index (χ4v) is 2.74. The number of methoxy groups -OCH3 is 1. The molecule has 1 heterocycles. The number of hydrogen-bond donors (Lipinski definition) is 1. The van der Waals surface area contributed by atoms with Gasteiger partial charge in [-0.25, -0.2) is 9.78 Å². The molecule has 0 spiro atoms. The summed E-state index contributed by atoms with van der Waals surface area (Å²) in [6.45, 7) is 0. The number of carbonyl (C=O) groups excluding carboxylic acids is 1. The van der Waals surface area contributed by atoms with Gasteiger partial charge < -0.3 is 10.5 Å². The largest absolute Gasteiger partial charge is 0.465 e. The van der Waals surface area contributed by atoms with E-state index in [-0.39, 0.29) is 0 Å². The molecule has 3 rings (SSSR count). The van der Waals surface area contributed by atoms with Crippen LogP contribution in [-0.2, 0) is 11.2 Å². The van der Waals surface area contributed by atoms with Crippen LogP contribution in [0.2, 0.25) is 5.15 Å². The van der Waals surface area contributed by atoms with Gasteiger partial charge in [-0.15, -0.1) is 0 Å². The molecule has 116 valence electrons. The molecular formula is C18H15ClN2O2. The van der Waals surface area contributed by atoms with Crippen molar-refractivity contribution in [1.82, 2.24) is 4.98 Å². The molecule has 0 radical (unpaired) electrons. The minimum Gasteiger partial charge on any atom is -0.465 e. The van der Waals surface area contributed by atoms with Crippen LogP contribution in [0.25, 0.3) is 10.8 Å². The zero-order valence-electron chi connectivity index (χ0n) is 12.5. The number of nitrogens with zero attached hydrogens (tertiary/aromatic N) is 1. The van der Waals surface area contributed by atoms with E-state index in [9.17, 15) is 4.79 Å². The first-order valence-corrected chi connectivity index (χ1v) is 7.47. The topological polar surface area (TPSA) is 65.2 Å². The molecule has 0 atom stereocenters. The molecule has 0 aliphatic rings. The van der Waals surface area contributed by atoms with Crippen LogP contribution < -0.4 is 5.73 Å². The van der Waals surface area contributed by atoms with E-state index in [4.69, 9.17) is 22.1 Å². The van der Waals surface area contributed by atoms with E-state index < -0.39 is 5.97 Å². The molecule has 0 aliphatic carbocycles. The first kappa shape index (κ1) is 15.3. The van der Waals surface area contributed by atoms with E-state index in [2.05, 4.69) is 4.98 Å². The summed E-state index contributed by atoms with van der Waals surface area (Å²) in [6, 6.07) is 13.2. The minimum absolute atomic E-state index is 0.378. The Morgan fingerprint density at radius 1 is 1.22 bits per heavy atom. The fraction of sp³-hybridized carbons (Fsp3) is 0.111. The SMILES string of the molecule is COC(=O)c1cc(Cc2ccc(Cl)nc2)c2ccccc2c1N. The number of ether oxygens (including phenoxy) is 1. The Kier molecular flexibility index (Phi) is 4.17. The lowest BCUT2D eigenvalue weighted by Crippen LogP contribution is -2.08. The number of esters is 1. The van der Waals surface area contributed by atoms with Gasteiger partial charge in [0.15, 0.2) is 0 Å². The normalized spacial score (nSPS) is 10.7. The summed E-state index contributed by atoms with van der Waals surface area (Å²) in [7, 11) is 1.35. The number of benzene rings is 2. The Morgan fingerprint density at radius 2 is 1.96 bits per heavy atom. The number of halogens is 1. The third-order valence-electron chi connectivity index (χ3n) is 3.76. The van der Waals surface area contributed by atoms with Crippen LogP contribution in [0.1, 0.15) is 21.5 Å². The summed E-state index contributed by atoms with van der Waals surface area (Å²) in [5, 5.41) is 2.30. The fourth-order valence-electron chi connectivity index (χ4n) is 2.63. The number of hydrogen-bond acceptors (Lipinski definition) is 4. The Balaban J connectivity index is 2.16. The van der Waals surface area contributed by atoms with Gasteiger partial charge in [0.2, 0.25) is 0 Å². The highest BCUT2D eigenvalue weighted by Crippen LogP contribution is 2.30. The summed E-state index contributed by atoms with van der Waals surface area (Å²) in [5.41, 5.74) is 8.95. The smallest absolute Gasteiger partial charge is 0.339 e. The second kappa shape index (κ2) is 6.26. The molecule has 0 aliphatic heterocycles. The average molecular weight is 327 g/mol. The van der Waals surface area contributed by atoms with Crippen molar-refractivity contribution in [2.45, 2.75) is 6.42 Å². The van der Waals surface area contributed by atoms with Crippen molar-refractivity contribution in [3.8, 4) is 0 Å². The van der Waals surface area contributed by atoms with Gasteiger partial charge >= 0.3 is 5.97 Å². The Morgan fingerprint density at radius 3 is 2.61 bits per heavy atom. The molecule has 0 unspecified atom stereocenters. The molecule has 2 N–H and O–H groups in total. The van der Waals surface area contributed by atoms with Crippen molar-refractivity contribution >= 4 is 34.0 Å². The molecule has 0 amide bonds. The zero-order chi connectivity index (χ0) is 16.4. The average Bonchev–Trinajstić information content (AvgIpc) is 2.58. The Labute approximate surface area is 138 Å². The van der Waals surface area contributed by atoms with Gasteiger partial charge in [-0.1, -0.05) is 41.9 Å². The molecule has 2 aromatic carbocycles. The molecule has 0 saturated heterocycles. The number of rotatable bonds is 3. The first-order chi connectivity index (χ1) is 11.1. The maximum atomic E-state index is 12.0. The summed E-state index contributed by atoms with van der Waals surface area (Å²) in [6.07, 6.45) is 2.35. The van der Waals surface area contributed by atoms with Crippen LogP contribution in [-0.4, -0.2) is 18.1 Å². The van der Waals surface area contributed by atoms with Crippen molar-refractivity contribution in [3.05, 3.63) is 70.5 Å². The number of anilines is 1. The molecule has 23 heavy (non-hydrogen) atoms. The third-order valence-corrected chi connectivity index (χ3v) is 3.98. The summed E-state index contributed by atoms with van der Waals surface area (Å²) in [5.74, 6) is -0.441. The lowest BCUT2D eigenvalue weighted by molar-refractivity contribution is 0.0602. The van der Waals surface area contributed by atoms with Crippen molar-refractivity contribution in [2.75, 3.05) is 12.8 Å².